The predicted molar refractivity (Wildman–Crippen MR) is 88.4 cm³/mol. The fourth-order valence-corrected chi connectivity index (χ4v) is 4.10. The first-order valence-corrected chi connectivity index (χ1v) is 8.49. The Morgan fingerprint density at radius 3 is 2.19 bits per heavy atom. The van der Waals surface area contributed by atoms with Gasteiger partial charge in [-0.15, -0.1) is 0 Å². The van der Waals surface area contributed by atoms with Gasteiger partial charge in [-0.2, -0.15) is 0 Å². The highest BCUT2D eigenvalue weighted by atomic mass is 16.7. The zero-order chi connectivity index (χ0) is 17.8. The third kappa shape index (κ3) is 2.28. The van der Waals surface area contributed by atoms with Crippen LogP contribution in [0.15, 0.2) is 30.3 Å². The maximum absolute atomic E-state index is 10.4. The lowest BCUT2D eigenvalue weighted by Crippen LogP contribution is -2.14. The van der Waals surface area contributed by atoms with Crippen molar-refractivity contribution in [1.82, 2.24) is 0 Å². The van der Waals surface area contributed by atoms with Crippen LogP contribution < -0.4 is 9.47 Å². The summed E-state index contributed by atoms with van der Waals surface area (Å²) < 4.78 is 22.7. The molecule has 26 heavy (non-hydrogen) atoms. The maximum atomic E-state index is 10.4. The molecule has 7 heteroatoms. The van der Waals surface area contributed by atoms with E-state index in [4.69, 9.17) is 18.9 Å². The average molecular weight is 358 g/mol. The average Bonchev–Trinajstić information content (AvgIpc) is 3.32. The van der Waals surface area contributed by atoms with Crippen molar-refractivity contribution in [1.29, 1.82) is 0 Å². The van der Waals surface area contributed by atoms with Crippen LogP contribution in [-0.4, -0.2) is 35.3 Å². The summed E-state index contributed by atoms with van der Waals surface area (Å²) in [6, 6.07) is 8.05. The van der Waals surface area contributed by atoms with Gasteiger partial charge in [0.15, 0.2) is 23.0 Å². The molecular weight excluding hydrogens is 340 g/mol. The van der Waals surface area contributed by atoms with Gasteiger partial charge in [0.2, 0.25) is 6.79 Å². The first-order valence-electron chi connectivity index (χ1n) is 8.49. The normalized spacial score (nSPS) is 29.1. The van der Waals surface area contributed by atoms with E-state index in [2.05, 4.69) is 0 Å². The van der Waals surface area contributed by atoms with Crippen LogP contribution in [0, 0.1) is 11.8 Å². The Bertz CT molecular complexity index is 865. The van der Waals surface area contributed by atoms with Crippen molar-refractivity contribution in [3.63, 3.8) is 0 Å². The Hall–Kier alpha value is -2.64. The monoisotopic (exact) mass is 358 g/mol. The third-order valence-electron chi connectivity index (χ3n) is 5.42. The standard InChI is InChI=1S/C19H18O7/c20-13-2-1-9(3-15(13)22)18-11-6-24-19(12(11)7-23-18)10-4-16-17(5-14(10)21)26-8-25-16/h1-5,11-12,18-22H,6-8H2. The van der Waals surface area contributed by atoms with Gasteiger partial charge in [0.05, 0.1) is 25.4 Å². The molecule has 3 heterocycles. The molecule has 0 saturated carbocycles. The Labute approximate surface area is 149 Å². The molecule has 3 aliphatic heterocycles. The zero-order valence-corrected chi connectivity index (χ0v) is 13.8. The number of hydrogen-bond acceptors (Lipinski definition) is 7. The summed E-state index contributed by atoms with van der Waals surface area (Å²) >= 11 is 0. The summed E-state index contributed by atoms with van der Waals surface area (Å²) in [5.74, 6) is 1.08. The molecule has 0 spiro atoms. The molecule has 0 aliphatic carbocycles. The van der Waals surface area contributed by atoms with Crippen molar-refractivity contribution >= 4 is 0 Å². The van der Waals surface area contributed by atoms with Crippen LogP contribution in [0.5, 0.6) is 28.7 Å². The molecule has 5 rings (SSSR count). The summed E-state index contributed by atoms with van der Waals surface area (Å²) in [5.41, 5.74) is 1.46. The van der Waals surface area contributed by atoms with Crippen LogP contribution in [0.4, 0.5) is 0 Å². The molecule has 2 fully saturated rings. The Morgan fingerprint density at radius 2 is 1.42 bits per heavy atom. The summed E-state index contributed by atoms with van der Waals surface area (Å²) in [5, 5.41) is 29.7. The fourth-order valence-electron chi connectivity index (χ4n) is 4.10. The summed E-state index contributed by atoms with van der Waals surface area (Å²) in [4.78, 5) is 0. The first-order chi connectivity index (χ1) is 12.6. The third-order valence-corrected chi connectivity index (χ3v) is 5.42. The Morgan fingerprint density at radius 1 is 0.731 bits per heavy atom. The quantitative estimate of drug-likeness (QED) is 0.710. The second-order valence-corrected chi connectivity index (χ2v) is 6.85. The van der Waals surface area contributed by atoms with Gasteiger partial charge in [-0.3, -0.25) is 0 Å². The summed E-state index contributed by atoms with van der Waals surface area (Å²) in [7, 11) is 0. The zero-order valence-electron chi connectivity index (χ0n) is 13.8. The van der Waals surface area contributed by atoms with E-state index < -0.39 is 0 Å². The van der Waals surface area contributed by atoms with Crippen molar-refractivity contribution in [2.75, 3.05) is 20.0 Å². The summed E-state index contributed by atoms with van der Waals surface area (Å²) in [6.45, 7) is 1.11. The van der Waals surface area contributed by atoms with Gasteiger partial charge < -0.3 is 34.3 Å². The molecule has 0 aromatic heterocycles. The Balaban J connectivity index is 1.43. The molecule has 2 aromatic carbocycles. The van der Waals surface area contributed by atoms with Crippen molar-refractivity contribution in [3.05, 3.63) is 41.5 Å². The van der Waals surface area contributed by atoms with Crippen molar-refractivity contribution in [2.24, 2.45) is 11.8 Å². The summed E-state index contributed by atoms with van der Waals surface area (Å²) in [6.07, 6.45) is -0.530. The second-order valence-electron chi connectivity index (χ2n) is 6.85. The molecule has 136 valence electrons. The number of aromatic hydroxyl groups is 3. The molecule has 3 N–H and O–H groups in total. The van der Waals surface area contributed by atoms with Gasteiger partial charge in [-0.05, 0) is 23.8 Å². The van der Waals surface area contributed by atoms with E-state index in [-0.39, 0.29) is 48.1 Å². The van der Waals surface area contributed by atoms with E-state index in [1.165, 1.54) is 12.1 Å². The minimum absolute atomic E-state index is 0.0715. The first kappa shape index (κ1) is 15.6. The molecule has 3 aliphatic rings. The fraction of sp³-hybridized carbons (Fsp3) is 0.368. The van der Waals surface area contributed by atoms with E-state index in [0.717, 1.165) is 5.56 Å². The molecule has 4 unspecified atom stereocenters. The lowest BCUT2D eigenvalue weighted by Gasteiger charge is -2.18. The molecular formula is C19H18O7. The van der Waals surface area contributed by atoms with E-state index in [1.54, 1.807) is 18.2 Å². The van der Waals surface area contributed by atoms with Gasteiger partial charge in [-0.1, -0.05) is 6.07 Å². The van der Waals surface area contributed by atoms with E-state index in [9.17, 15) is 15.3 Å². The van der Waals surface area contributed by atoms with E-state index >= 15 is 0 Å². The van der Waals surface area contributed by atoms with Crippen LogP contribution >= 0.6 is 0 Å². The highest BCUT2D eigenvalue weighted by molar-refractivity contribution is 5.52. The second kappa shape index (κ2) is 5.69. The predicted octanol–water partition coefficient (Wildman–Crippen LogP) is 2.61. The molecule has 7 nitrogen and oxygen atoms in total. The topological polar surface area (TPSA) is 97.6 Å². The number of rotatable bonds is 2. The SMILES string of the molecule is Oc1ccc(C2OCC3C(c4cc5c(cc4O)OCO5)OCC23)cc1O. The highest BCUT2D eigenvalue weighted by Gasteiger charge is 2.49. The smallest absolute Gasteiger partial charge is 0.231 e. The minimum atomic E-state index is -0.301. The number of benzene rings is 2. The molecule has 0 bridgehead atoms. The van der Waals surface area contributed by atoms with Crippen molar-refractivity contribution in [3.8, 4) is 28.7 Å². The lowest BCUT2D eigenvalue weighted by molar-refractivity contribution is 0.0184. The van der Waals surface area contributed by atoms with Crippen LogP contribution in [0.2, 0.25) is 0 Å². The number of phenols is 3. The van der Waals surface area contributed by atoms with E-state index in [1.807, 2.05) is 0 Å². The number of phenolic OH excluding ortho intramolecular Hbond substituents is 3. The van der Waals surface area contributed by atoms with Crippen molar-refractivity contribution < 1.29 is 34.3 Å². The molecule has 2 aromatic rings. The lowest BCUT2D eigenvalue weighted by atomic mass is 9.84. The molecule has 0 radical (unpaired) electrons. The largest absolute Gasteiger partial charge is 0.507 e. The molecule has 4 atom stereocenters. The number of ether oxygens (including phenoxy) is 4. The highest BCUT2D eigenvalue weighted by Crippen LogP contribution is 2.53. The van der Waals surface area contributed by atoms with E-state index in [0.29, 0.717) is 30.3 Å². The van der Waals surface area contributed by atoms with Crippen LogP contribution in [0.3, 0.4) is 0 Å². The van der Waals surface area contributed by atoms with Gasteiger partial charge in [-0.25, -0.2) is 0 Å². The van der Waals surface area contributed by atoms with Gasteiger partial charge in [0, 0.05) is 23.5 Å². The van der Waals surface area contributed by atoms with Gasteiger partial charge in [0.1, 0.15) is 5.75 Å². The number of fused-ring (bicyclic) bond motifs is 2. The van der Waals surface area contributed by atoms with Gasteiger partial charge >= 0.3 is 0 Å². The number of hydrogen-bond donors (Lipinski definition) is 3. The van der Waals surface area contributed by atoms with Crippen LogP contribution in [0.25, 0.3) is 0 Å². The Kier molecular flexibility index (Phi) is 3.41. The van der Waals surface area contributed by atoms with Crippen molar-refractivity contribution in [2.45, 2.75) is 12.2 Å². The molecule has 2 saturated heterocycles. The minimum Gasteiger partial charge on any atom is -0.507 e. The van der Waals surface area contributed by atoms with Crippen LogP contribution in [-0.2, 0) is 9.47 Å². The molecule has 0 amide bonds. The van der Waals surface area contributed by atoms with Gasteiger partial charge in [0.25, 0.3) is 0 Å². The van der Waals surface area contributed by atoms with Crippen LogP contribution in [0.1, 0.15) is 23.3 Å². The maximum Gasteiger partial charge on any atom is 0.231 e.